The van der Waals surface area contributed by atoms with Gasteiger partial charge in [0, 0.05) is 40.9 Å². The zero-order chi connectivity index (χ0) is 20.9. The fraction of sp³-hybridized carbons (Fsp3) is 0.250. The molecule has 0 radical (unpaired) electrons. The highest BCUT2D eigenvalue weighted by Crippen LogP contribution is 2.31. The third-order valence-electron chi connectivity index (χ3n) is 4.41. The number of carbonyl (C=O) groups is 1. The van der Waals surface area contributed by atoms with Crippen LogP contribution in [0, 0.1) is 0 Å². The molecule has 30 heavy (non-hydrogen) atoms. The van der Waals surface area contributed by atoms with E-state index in [-0.39, 0.29) is 11.7 Å². The summed E-state index contributed by atoms with van der Waals surface area (Å²) in [6.45, 7) is 1.96. The third-order valence-corrected chi connectivity index (χ3v) is 6.72. The standard InChI is InChI=1S/C20H18Cl2N4O2S2/c21-14-3-1-13(2-4-14)19-24-25-20(28-19)30-12-18(27)23-15-5-6-17(16(22)11-15)26-7-9-29-10-8-26/h1-6,11H,7-10,12H2,(H,23,27). The van der Waals surface area contributed by atoms with E-state index in [2.05, 4.69) is 20.4 Å². The summed E-state index contributed by atoms with van der Waals surface area (Å²) in [5.41, 5.74) is 2.43. The Morgan fingerprint density at radius 3 is 2.63 bits per heavy atom. The second-order valence-corrected chi connectivity index (χ2v) is 9.48. The lowest BCUT2D eigenvalue weighted by atomic mass is 10.2. The molecule has 1 N–H and O–H groups in total. The lowest BCUT2D eigenvalue weighted by Crippen LogP contribution is -2.32. The minimum absolute atomic E-state index is 0.144. The van der Waals surface area contributed by atoms with Gasteiger partial charge >= 0.3 is 0 Å². The van der Waals surface area contributed by atoms with Gasteiger partial charge in [0.25, 0.3) is 5.22 Å². The Kier molecular flexibility index (Phi) is 7.09. The van der Waals surface area contributed by atoms with E-state index in [1.54, 1.807) is 30.3 Å². The summed E-state index contributed by atoms with van der Waals surface area (Å²) >= 11 is 15.5. The van der Waals surface area contributed by atoms with Gasteiger partial charge in [0.1, 0.15) is 0 Å². The van der Waals surface area contributed by atoms with Crippen molar-refractivity contribution in [3.63, 3.8) is 0 Å². The van der Waals surface area contributed by atoms with E-state index in [0.717, 1.165) is 35.8 Å². The molecule has 1 aliphatic rings. The molecule has 0 spiro atoms. The molecule has 1 aliphatic heterocycles. The average Bonchev–Trinajstić information content (AvgIpc) is 3.23. The number of anilines is 2. The predicted molar refractivity (Wildman–Crippen MR) is 125 cm³/mol. The monoisotopic (exact) mass is 480 g/mol. The molecule has 1 amide bonds. The quantitative estimate of drug-likeness (QED) is 0.478. The fourth-order valence-corrected chi connectivity index (χ4v) is 4.84. The summed E-state index contributed by atoms with van der Waals surface area (Å²) in [7, 11) is 0. The molecule has 6 nitrogen and oxygen atoms in total. The van der Waals surface area contributed by atoms with Crippen molar-refractivity contribution >= 4 is 64.0 Å². The van der Waals surface area contributed by atoms with E-state index in [1.165, 1.54) is 11.8 Å². The van der Waals surface area contributed by atoms with Crippen LogP contribution in [0.3, 0.4) is 0 Å². The van der Waals surface area contributed by atoms with Crippen molar-refractivity contribution in [1.29, 1.82) is 0 Å². The van der Waals surface area contributed by atoms with Crippen molar-refractivity contribution in [2.75, 3.05) is 40.6 Å². The number of carbonyl (C=O) groups excluding carboxylic acids is 1. The summed E-state index contributed by atoms with van der Waals surface area (Å²) in [6.07, 6.45) is 0. The van der Waals surface area contributed by atoms with Crippen LogP contribution in [0.5, 0.6) is 0 Å². The van der Waals surface area contributed by atoms with Gasteiger partial charge in [-0.2, -0.15) is 11.8 Å². The molecule has 2 aromatic carbocycles. The summed E-state index contributed by atoms with van der Waals surface area (Å²) in [5, 5.41) is 12.4. The van der Waals surface area contributed by atoms with Crippen molar-refractivity contribution in [2.24, 2.45) is 0 Å². The Hall–Kier alpha value is -1.87. The van der Waals surface area contributed by atoms with E-state index in [1.807, 2.05) is 23.9 Å². The number of rotatable bonds is 6. The lowest BCUT2D eigenvalue weighted by molar-refractivity contribution is -0.113. The van der Waals surface area contributed by atoms with Gasteiger partial charge in [-0.25, -0.2) is 0 Å². The van der Waals surface area contributed by atoms with E-state index >= 15 is 0 Å². The van der Waals surface area contributed by atoms with Gasteiger partial charge in [-0.1, -0.05) is 35.0 Å². The van der Waals surface area contributed by atoms with Crippen LogP contribution in [0.25, 0.3) is 11.5 Å². The van der Waals surface area contributed by atoms with Crippen molar-refractivity contribution in [3.05, 3.63) is 52.5 Å². The van der Waals surface area contributed by atoms with Crippen LogP contribution in [-0.2, 0) is 4.79 Å². The number of thioether (sulfide) groups is 2. The zero-order valence-corrected chi connectivity index (χ0v) is 19.0. The van der Waals surface area contributed by atoms with Gasteiger partial charge in [0.05, 0.1) is 16.5 Å². The van der Waals surface area contributed by atoms with Crippen LogP contribution in [0.15, 0.2) is 52.1 Å². The van der Waals surface area contributed by atoms with Gasteiger partial charge in [0.2, 0.25) is 11.8 Å². The van der Waals surface area contributed by atoms with Crippen LogP contribution >= 0.6 is 46.7 Å². The summed E-state index contributed by atoms with van der Waals surface area (Å²) in [4.78, 5) is 14.6. The number of benzene rings is 2. The smallest absolute Gasteiger partial charge is 0.277 e. The number of hydrogen-bond donors (Lipinski definition) is 1. The SMILES string of the molecule is O=C(CSc1nnc(-c2ccc(Cl)cc2)o1)Nc1ccc(N2CCSCC2)c(Cl)c1. The molecule has 0 aliphatic carbocycles. The molecule has 10 heteroatoms. The minimum Gasteiger partial charge on any atom is -0.411 e. The van der Waals surface area contributed by atoms with Crippen LogP contribution in [-0.4, -0.2) is 46.5 Å². The molecule has 2 heterocycles. The number of amides is 1. The second kappa shape index (κ2) is 9.96. The Morgan fingerprint density at radius 2 is 1.90 bits per heavy atom. The minimum atomic E-state index is -0.176. The maximum atomic E-state index is 12.3. The Labute approximate surface area is 192 Å². The normalized spacial score (nSPS) is 14.0. The first-order valence-corrected chi connectivity index (χ1v) is 12.1. The van der Waals surface area contributed by atoms with Gasteiger partial charge < -0.3 is 14.6 Å². The molecule has 0 atom stereocenters. The van der Waals surface area contributed by atoms with Gasteiger partial charge in [-0.3, -0.25) is 4.79 Å². The largest absolute Gasteiger partial charge is 0.411 e. The average molecular weight is 481 g/mol. The van der Waals surface area contributed by atoms with E-state index in [9.17, 15) is 4.79 Å². The highest BCUT2D eigenvalue weighted by molar-refractivity contribution is 7.99. The molecule has 3 aromatic rings. The van der Waals surface area contributed by atoms with Crippen LogP contribution < -0.4 is 10.2 Å². The number of nitrogens with zero attached hydrogens (tertiary/aromatic N) is 3. The fourth-order valence-electron chi connectivity index (χ4n) is 2.95. The van der Waals surface area contributed by atoms with E-state index in [4.69, 9.17) is 27.6 Å². The van der Waals surface area contributed by atoms with E-state index in [0.29, 0.717) is 26.8 Å². The molecule has 0 saturated carbocycles. The molecule has 1 aromatic heterocycles. The van der Waals surface area contributed by atoms with Crippen LogP contribution in [0.1, 0.15) is 0 Å². The summed E-state index contributed by atoms with van der Waals surface area (Å²) in [5.74, 6) is 2.55. The first-order chi connectivity index (χ1) is 14.6. The third kappa shape index (κ3) is 5.43. The number of nitrogens with one attached hydrogen (secondary N) is 1. The van der Waals surface area contributed by atoms with Crippen LogP contribution in [0.2, 0.25) is 10.0 Å². The maximum absolute atomic E-state index is 12.3. The van der Waals surface area contributed by atoms with Gasteiger partial charge in [0.15, 0.2) is 0 Å². The second-order valence-electron chi connectivity index (χ2n) is 6.48. The Balaban J connectivity index is 1.32. The van der Waals surface area contributed by atoms with Crippen molar-refractivity contribution < 1.29 is 9.21 Å². The Bertz CT molecular complexity index is 1020. The predicted octanol–water partition coefficient (Wildman–Crippen LogP) is 5.33. The molecular formula is C20H18Cl2N4O2S2. The molecule has 156 valence electrons. The Morgan fingerprint density at radius 1 is 1.13 bits per heavy atom. The molecular weight excluding hydrogens is 463 g/mol. The molecule has 1 fully saturated rings. The number of halogens is 2. The first-order valence-electron chi connectivity index (χ1n) is 9.23. The molecule has 0 unspecified atom stereocenters. The van der Waals surface area contributed by atoms with Gasteiger partial charge in [-0.15, -0.1) is 10.2 Å². The number of aromatic nitrogens is 2. The van der Waals surface area contributed by atoms with E-state index < -0.39 is 0 Å². The lowest BCUT2D eigenvalue weighted by Gasteiger charge is -2.29. The highest BCUT2D eigenvalue weighted by atomic mass is 35.5. The van der Waals surface area contributed by atoms with Crippen molar-refractivity contribution in [3.8, 4) is 11.5 Å². The zero-order valence-electron chi connectivity index (χ0n) is 15.8. The first kappa shape index (κ1) is 21.4. The van der Waals surface area contributed by atoms with Crippen molar-refractivity contribution in [2.45, 2.75) is 5.22 Å². The van der Waals surface area contributed by atoms with Crippen molar-refractivity contribution in [1.82, 2.24) is 10.2 Å². The molecule has 4 rings (SSSR count). The number of hydrogen-bond acceptors (Lipinski definition) is 7. The molecule has 1 saturated heterocycles. The maximum Gasteiger partial charge on any atom is 0.277 e. The topological polar surface area (TPSA) is 71.3 Å². The van der Waals surface area contributed by atoms with Gasteiger partial charge in [-0.05, 0) is 42.5 Å². The summed E-state index contributed by atoms with van der Waals surface area (Å²) in [6, 6.07) is 12.7. The summed E-state index contributed by atoms with van der Waals surface area (Å²) < 4.78 is 5.60. The van der Waals surface area contributed by atoms with Crippen LogP contribution in [0.4, 0.5) is 11.4 Å². The highest BCUT2D eigenvalue weighted by Gasteiger charge is 2.15. The molecule has 0 bridgehead atoms.